The summed E-state index contributed by atoms with van der Waals surface area (Å²) in [4.78, 5) is 24.1. The van der Waals surface area contributed by atoms with Crippen LogP contribution in [0.3, 0.4) is 0 Å². The van der Waals surface area contributed by atoms with Crippen molar-refractivity contribution in [3.05, 3.63) is 22.2 Å². The predicted molar refractivity (Wildman–Crippen MR) is 94.0 cm³/mol. The van der Waals surface area contributed by atoms with E-state index < -0.39 is 5.91 Å². The van der Waals surface area contributed by atoms with Gasteiger partial charge in [0, 0.05) is 12.0 Å². The monoisotopic (exact) mass is 398 g/mol. The molecule has 6 nitrogen and oxygen atoms in total. The Labute approximate surface area is 150 Å². The summed E-state index contributed by atoms with van der Waals surface area (Å²) in [6.45, 7) is 2.35. The molecule has 2 rings (SSSR count). The third-order valence-electron chi connectivity index (χ3n) is 4.04. The highest BCUT2D eigenvalue weighted by atomic mass is 79.9. The van der Waals surface area contributed by atoms with Crippen LogP contribution in [0.1, 0.15) is 49.4 Å². The number of rotatable bonds is 6. The van der Waals surface area contributed by atoms with Crippen molar-refractivity contribution in [3.63, 3.8) is 0 Å². The summed E-state index contributed by atoms with van der Waals surface area (Å²) in [7, 11) is 1.51. The molecule has 0 unspecified atom stereocenters. The molecule has 0 radical (unpaired) electrons. The van der Waals surface area contributed by atoms with E-state index in [1.807, 2.05) is 6.92 Å². The number of benzene rings is 1. The van der Waals surface area contributed by atoms with Gasteiger partial charge in [-0.05, 0) is 53.7 Å². The molecule has 0 aliphatic heterocycles. The minimum atomic E-state index is -0.406. The van der Waals surface area contributed by atoms with E-state index >= 15 is 0 Å². The molecular formula is C17H23BrN2O4. The second-order valence-electron chi connectivity index (χ2n) is 5.78. The molecule has 0 bridgehead atoms. The van der Waals surface area contributed by atoms with Crippen LogP contribution >= 0.6 is 15.9 Å². The Morgan fingerprint density at radius 1 is 1.25 bits per heavy atom. The second kappa shape index (κ2) is 8.92. The standard InChI is InChI=1S/C17H23BrN2O4/c1-3-24-16-13(18)9-12(10-14(16)23-2)17(22)20-19-15(21)8-11-6-4-5-7-11/h9-11H,3-8H2,1-2H3,(H,19,21)(H,20,22). The Kier molecular flexibility index (Phi) is 6.90. The Bertz CT molecular complexity index is 600. The van der Waals surface area contributed by atoms with Crippen LogP contribution in [0.5, 0.6) is 11.5 Å². The van der Waals surface area contributed by atoms with Crippen molar-refractivity contribution in [1.82, 2.24) is 10.9 Å². The molecule has 7 heteroatoms. The zero-order valence-electron chi connectivity index (χ0n) is 14.0. The van der Waals surface area contributed by atoms with Crippen molar-refractivity contribution >= 4 is 27.7 Å². The fraction of sp³-hybridized carbons (Fsp3) is 0.529. The molecule has 24 heavy (non-hydrogen) atoms. The summed E-state index contributed by atoms with van der Waals surface area (Å²) in [6.07, 6.45) is 5.00. The number of carbonyl (C=O) groups excluding carboxylic acids is 2. The van der Waals surface area contributed by atoms with Gasteiger partial charge in [-0.25, -0.2) is 0 Å². The molecule has 1 aromatic carbocycles. The summed E-state index contributed by atoms with van der Waals surface area (Å²) >= 11 is 3.37. The van der Waals surface area contributed by atoms with E-state index in [9.17, 15) is 9.59 Å². The minimum absolute atomic E-state index is 0.160. The fourth-order valence-electron chi connectivity index (χ4n) is 2.86. The number of carbonyl (C=O) groups is 2. The average Bonchev–Trinajstić information content (AvgIpc) is 3.07. The normalized spacial score (nSPS) is 14.3. The molecular weight excluding hydrogens is 376 g/mol. The maximum Gasteiger partial charge on any atom is 0.269 e. The van der Waals surface area contributed by atoms with Crippen LogP contribution in [-0.2, 0) is 4.79 Å². The SMILES string of the molecule is CCOc1c(Br)cc(C(=O)NNC(=O)CC2CCCC2)cc1OC. The molecule has 1 saturated carbocycles. The Morgan fingerprint density at radius 3 is 2.58 bits per heavy atom. The van der Waals surface area contributed by atoms with Gasteiger partial charge >= 0.3 is 0 Å². The van der Waals surface area contributed by atoms with Crippen molar-refractivity contribution in [2.45, 2.75) is 39.0 Å². The van der Waals surface area contributed by atoms with Crippen molar-refractivity contribution in [2.24, 2.45) is 5.92 Å². The molecule has 1 aliphatic carbocycles. The third kappa shape index (κ3) is 4.87. The van der Waals surface area contributed by atoms with E-state index in [1.165, 1.54) is 20.0 Å². The largest absolute Gasteiger partial charge is 0.493 e. The van der Waals surface area contributed by atoms with Crippen LogP contribution in [0.25, 0.3) is 0 Å². The van der Waals surface area contributed by atoms with Gasteiger partial charge in [0.15, 0.2) is 11.5 Å². The van der Waals surface area contributed by atoms with Crippen molar-refractivity contribution in [2.75, 3.05) is 13.7 Å². The lowest BCUT2D eigenvalue weighted by Gasteiger charge is -2.14. The number of amides is 2. The van der Waals surface area contributed by atoms with Crippen molar-refractivity contribution < 1.29 is 19.1 Å². The lowest BCUT2D eigenvalue weighted by atomic mass is 10.0. The Balaban J connectivity index is 1.96. The van der Waals surface area contributed by atoms with Gasteiger partial charge in [-0.2, -0.15) is 0 Å². The van der Waals surface area contributed by atoms with E-state index in [0.717, 1.165) is 12.8 Å². The van der Waals surface area contributed by atoms with Gasteiger partial charge in [-0.3, -0.25) is 20.4 Å². The van der Waals surface area contributed by atoms with Gasteiger partial charge in [0.05, 0.1) is 18.2 Å². The highest BCUT2D eigenvalue weighted by Gasteiger charge is 2.19. The van der Waals surface area contributed by atoms with Gasteiger partial charge in [-0.15, -0.1) is 0 Å². The average molecular weight is 399 g/mol. The number of halogens is 1. The molecule has 0 aromatic heterocycles. The van der Waals surface area contributed by atoms with E-state index in [4.69, 9.17) is 9.47 Å². The lowest BCUT2D eigenvalue weighted by Crippen LogP contribution is -2.42. The van der Waals surface area contributed by atoms with Crippen LogP contribution in [0, 0.1) is 5.92 Å². The van der Waals surface area contributed by atoms with E-state index in [1.54, 1.807) is 12.1 Å². The maximum atomic E-state index is 12.2. The van der Waals surface area contributed by atoms with Crippen LogP contribution in [0.4, 0.5) is 0 Å². The highest BCUT2D eigenvalue weighted by molar-refractivity contribution is 9.10. The van der Waals surface area contributed by atoms with Gasteiger partial charge in [0.2, 0.25) is 5.91 Å². The first-order valence-electron chi connectivity index (χ1n) is 8.14. The summed E-state index contributed by atoms with van der Waals surface area (Å²) in [5.41, 5.74) is 5.29. The molecule has 2 N–H and O–H groups in total. The summed E-state index contributed by atoms with van der Waals surface area (Å²) in [6, 6.07) is 3.21. The molecule has 0 heterocycles. The van der Waals surface area contributed by atoms with Gasteiger partial charge in [0.25, 0.3) is 5.91 Å². The quantitative estimate of drug-likeness (QED) is 0.721. The molecule has 1 fully saturated rings. The molecule has 2 amide bonds. The molecule has 1 aliphatic rings. The molecule has 1 aromatic rings. The number of hydrogen-bond acceptors (Lipinski definition) is 4. The second-order valence-corrected chi connectivity index (χ2v) is 6.63. The smallest absolute Gasteiger partial charge is 0.269 e. The van der Waals surface area contributed by atoms with E-state index in [2.05, 4.69) is 26.8 Å². The van der Waals surface area contributed by atoms with Crippen molar-refractivity contribution in [3.8, 4) is 11.5 Å². The number of hydrazine groups is 1. The predicted octanol–water partition coefficient (Wildman–Crippen LogP) is 3.20. The summed E-state index contributed by atoms with van der Waals surface area (Å²) < 4.78 is 11.4. The number of ether oxygens (including phenoxy) is 2. The van der Waals surface area contributed by atoms with E-state index in [0.29, 0.717) is 40.5 Å². The van der Waals surface area contributed by atoms with Crippen molar-refractivity contribution in [1.29, 1.82) is 0 Å². The molecule has 132 valence electrons. The van der Waals surface area contributed by atoms with E-state index in [-0.39, 0.29) is 5.91 Å². The van der Waals surface area contributed by atoms with Crippen LogP contribution in [-0.4, -0.2) is 25.5 Å². The van der Waals surface area contributed by atoms with Crippen LogP contribution < -0.4 is 20.3 Å². The first-order chi connectivity index (χ1) is 11.5. The Hall–Kier alpha value is -1.76. The third-order valence-corrected chi connectivity index (χ3v) is 4.63. The molecule has 0 saturated heterocycles. The zero-order valence-corrected chi connectivity index (χ0v) is 15.6. The fourth-order valence-corrected chi connectivity index (χ4v) is 3.42. The number of nitrogens with one attached hydrogen (secondary N) is 2. The van der Waals surface area contributed by atoms with Gasteiger partial charge in [0.1, 0.15) is 0 Å². The number of methoxy groups -OCH3 is 1. The summed E-state index contributed by atoms with van der Waals surface area (Å²) in [5, 5.41) is 0. The molecule has 0 atom stereocenters. The molecule has 0 spiro atoms. The zero-order chi connectivity index (χ0) is 17.5. The van der Waals surface area contributed by atoms with Crippen LogP contribution in [0.15, 0.2) is 16.6 Å². The maximum absolute atomic E-state index is 12.2. The highest BCUT2D eigenvalue weighted by Crippen LogP contribution is 2.36. The first-order valence-corrected chi connectivity index (χ1v) is 8.94. The minimum Gasteiger partial charge on any atom is -0.493 e. The Morgan fingerprint density at radius 2 is 1.96 bits per heavy atom. The van der Waals surface area contributed by atoms with Crippen LogP contribution in [0.2, 0.25) is 0 Å². The topological polar surface area (TPSA) is 76.7 Å². The van der Waals surface area contributed by atoms with Gasteiger partial charge in [-0.1, -0.05) is 12.8 Å². The first kappa shape index (κ1) is 18.6. The van der Waals surface area contributed by atoms with Gasteiger partial charge < -0.3 is 9.47 Å². The summed E-state index contributed by atoms with van der Waals surface area (Å²) in [5.74, 6) is 0.862. The number of hydrogen-bond donors (Lipinski definition) is 2. The lowest BCUT2D eigenvalue weighted by molar-refractivity contribution is -0.122.